The third-order valence-corrected chi connectivity index (χ3v) is 3.59. The van der Waals surface area contributed by atoms with Crippen LogP contribution in [0.3, 0.4) is 0 Å². The number of amides is 1. The second-order valence-corrected chi connectivity index (χ2v) is 5.43. The first-order valence-electron chi connectivity index (χ1n) is 6.13. The van der Waals surface area contributed by atoms with Crippen LogP contribution >= 0.6 is 15.9 Å². The van der Waals surface area contributed by atoms with Gasteiger partial charge in [0.25, 0.3) is 0 Å². The van der Waals surface area contributed by atoms with Gasteiger partial charge in [0.2, 0.25) is 5.91 Å². The Labute approximate surface area is 125 Å². The lowest BCUT2D eigenvalue weighted by Crippen LogP contribution is -2.16. The summed E-state index contributed by atoms with van der Waals surface area (Å²) in [5.74, 6) is -0.614. The molecule has 0 aliphatic rings. The Bertz CT molecular complexity index is 658. The molecule has 2 aromatic rings. The van der Waals surface area contributed by atoms with E-state index in [9.17, 15) is 9.18 Å². The third-order valence-electron chi connectivity index (χ3n) is 2.99. The lowest BCUT2D eigenvalue weighted by atomic mass is 10.1. The van der Waals surface area contributed by atoms with Gasteiger partial charge in [0.1, 0.15) is 5.82 Å². The summed E-state index contributed by atoms with van der Waals surface area (Å²) < 4.78 is 13.9. The number of hydrogen-bond donors (Lipinski definition) is 1. The van der Waals surface area contributed by atoms with E-state index in [1.807, 2.05) is 26.0 Å². The first-order chi connectivity index (χ1) is 9.47. The summed E-state index contributed by atoms with van der Waals surface area (Å²) in [5, 5.41) is 2.71. The van der Waals surface area contributed by atoms with E-state index in [0.29, 0.717) is 10.2 Å². The zero-order chi connectivity index (χ0) is 14.7. The van der Waals surface area contributed by atoms with Crippen LogP contribution in [-0.4, -0.2) is 10.9 Å². The molecule has 0 fully saturated rings. The zero-order valence-electron chi connectivity index (χ0n) is 11.2. The molecule has 2 rings (SSSR count). The number of pyridine rings is 1. The topological polar surface area (TPSA) is 42.0 Å². The first-order valence-corrected chi connectivity index (χ1v) is 6.92. The summed E-state index contributed by atoms with van der Waals surface area (Å²) in [6, 6.07) is 6.67. The zero-order valence-corrected chi connectivity index (χ0v) is 12.8. The van der Waals surface area contributed by atoms with Crippen LogP contribution in [0.15, 0.2) is 34.9 Å². The first kappa shape index (κ1) is 14.7. The molecule has 0 radical (unpaired) electrons. The quantitative estimate of drug-likeness (QED) is 0.926. The highest BCUT2D eigenvalue weighted by atomic mass is 79.9. The number of hydrogen-bond acceptors (Lipinski definition) is 2. The number of nitrogens with one attached hydrogen (secondary N) is 1. The van der Waals surface area contributed by atoms with Gasteiger partial charge in [-0.1, -0.05) is 6.07 Å². The van der Waals surface area contributed by atoms with E-state index in [2.05, 4.69) is 26.2 Å². The van der Waals surface area contributed by atoms with Crippen LogP contribution in [0.5, 0.6) is 0 Å². The van der Waals surface area contributed by atoms with Crippen LogP contribution in [0.4, 0.5) is 10.1 Å². The number of carbonyl (C=O) groups excluding carboxylic acids is 1. The highest BCUT2D eigenvalue weighted by Crippen LogP contribution is 2.24. The molecule has 0 saturated heterocycles. The van der Waals surface area contributed by atoms with Crippen molar-refractivity contribution >= 4 is 27.5 Å². The SMILES string of the molecule is Cc1cc(Br)c(F)cc1NC(=O)Cc1ncccc1C. The normalized spacial score (nSPS) is 10.4. The van der Waals surface area contributed by atoms with E-state index >= 15 is 0 Å². The van der Waals surface area contributed by atoms with E-state index in [0.717, 1.165) is 16.8 Å². The molecule has 1 aromatic carbocycles. The maximum absolute atomic E-state index is 13.5. The molecular formula is C15H14BrFN2O. The van der Waals surface area contributed by atoms with E-state index < -0.39 is 5.82 Å². The average Bonchev–Trinajstić information content (AvgIpc) is 2.39. The van der Waals surface area contributed by atoms with E-state index in [-0.39, 0.29) is 12.3 Å². The van der Waals surface area contributed by atoms with Crippen molar-refractivity contribution in [1.82, 2.24) is 4.98 Å². The molecule has 0 unspecified atom stereocenters. The fraction of sp³-hybridized carbons (Fsp3) is 0.200. The molecule has 20 heavy (non-hydrogen) atoms. The number of anilines is 1. The smallest absolute Gasteiger partial charge is 0.230 e. The van der Waals surface area contributed by atoms with Gasteiger partial charge in [0, 0.05) is 11.9 Å². The molecule has 0 atom stereocenters. The molecule has 1 amide bonds. The van der Waals surface area contributed by atoms with Crippen LogP contribution in [0.25, 0.3) is 0 Å². The standard InChI is InChI=1S/C15H14BrFN2O/c1-9-4-3-5-18-13(9)8-15(20)19-14-7-12(17)11(16)6-10(14)2/h3-7H,8H2,1-2H3,(H,19,20). The Morgan fingerprint density at radius 3 is 2.80 bits per heavy atom. The fourth-order valence-electron chi connectivity index (χ4n) is 1.83. The number of benzene rings is 1. The number of rotatable bonds is 3. The highest BCUT2D eigenvalue weighted by Gasteiger charge is 2.11. The summed E-state index contributed by atoms with van der Waals surface area (Å²) in [4.78, 5) is 16.2. The van der Waals surface area contributed by atoms with Gasteiger partial charge in [0.05, 0.1) is 16.6 Å². The molecule has 0 aliphatic heterocycles. The van der Waals surface area contributed by atoms with E-state index in [1.54, 1.807) is 12.3 Å². The van der Waals surface area contributed by atoms with E-state index in [4.69, 9.17) is 0 Å². The van der Waals surface area contributed by atoms with Crippen molar-refractivity contribution in [1.29, 1.82) is 0 Å². The van der Waals surface area contributed by atoms with Gasteiger partial charge < -0.3 is 5.32 Å². The van der Waals surface area contributed by atoms with Gasteiger partial charge in [-0.2, -0.15) is 0 Å². The largest absolute Gasteiger partial charge is 0.325 e. The Morgan fingerprint density at radius 1 is 1.35 bits per heavy atom. The van der Waals surface area contributed by atoms with Gasteiger partial charge in [-0.15, -0.1) is 0 Å². The highest BCUT2D eigenvalue weighted by molar-refractivity contribution is 9.10. The van der Waals surface area contributed by atoms with Crippen molar-refractivity contribution < 1.29 is 9.18 Å². The summed E-state index contributed by atoms with van der Waals surface area (Å²) >= 11 is 3.11. The molecular weight excluding hydrogens is 323 g/mol. The minimum absolute atomic E-state index is 0.170. The van der Waals surface area contributed by atoms with E-state index in [1.165, 1.54) is 6.07 Å². The third kappa shape index (κ3) is 3.42. The molecule has 0 bridgehead atoms. The molecule has 104 valence electrons. The van der Waals surface area contributed by atoms with Gasteiger partial charge >= 0.3 is 0 Å². The number of aromatic nitrogens is 1. The van der Waals surface area contributed by atoms with Crippen LogP contribution in [-0.2, 0) is 11.2 Å². The minimum atomic E-state index is -0.403. The van der Waals surface area contributed by atoms with Crippen molar-refractivity contribution in [3.63, 3.8) is 0 Å². The maximum atomic E-state index is 13.5. The molecule has 0 spiro atoms. The van der Waals surface area contributed by atoms with Crippen LogP contribution in [0.2, 0.25) is 0 Å². The summed E-state index contributed by atoms with van der Waals surface area (Å²) in [7, 11) is 0. The molecule has 5 heteroatoms. The minimum Gasteiger partial charge on any atom is -0.325 e. The Kier molecular flexibility index (Phi) is 4.49. The lowest BCUT2D eigenvalue weighted by Gasteiger charge is -2.10. The predicted octanol–water partition coefficient (Wildman–Crippen LogP) is 3.78. The summed E-state index contributed by atoms with van der Waals surface area (Å²) in [6.07, 6.45) is 1.82. The van der Waals surface area contributed by atoms with Crippen molar-refractivity contribution in [2.45, 2.75) is 20.3 Å². The predicted molar refractivity (Wildman–Crippen MR) is 80.1 cm³/mol. The number of aryl methyl sites for hydroxylation is 2. The lowest BCUT2D eigenvalue weighted by molar-refractivity contribution is -0.115. The maximum Gasteiger partial charge on any atom is 0.230 e. The Morgan fingerprint density at radius 2 is 2.10 bits per heavy atom. The second-order valence-electron chi connectivity index (χ2n) is 4.57. The Hall–Kier alpha value is -1.75. The monoisotopic (exact) mass is 336 g/mol. The van der Waals surface area contributed by atoms with Crippen LogP contribution in [0.1, 0.15) is 16.8 Å². The van der Waals surface area contributed by atoms with Crippen LogP contribution < -0.4 is 5.32 Å². The summed E-state index contributed by atoms with van der Waals surface area (Å²) in [5.41, 5.74) is 2.95. The van der Waals surface area contributed by atoms with Gasteiger partial charge in [-0.3, -0.25) is 9.78 Å². The molecule has 0 saturated carbocycles. The molecule has 1 N–H and O–H groups in total. The number of carbonyl (C=O) groups is 1. The van der Waals surface area contributed by atoms with Crippen molar-refractivity contribution in [2.24, 2.45) is 0 Å². The fourth-order valence-corrected chi connectivity index (χ4v) is 2.29. The van der Waals surface area contributed by atoms with Crippen LogP contribution in [0, 0.1) is 19.7 Å². The van der Waals surface area contributed by atoms with Gasteiger partial charge in [-0.25, -0.2) is 4.39 Å². The van der Waals surface area contributed by atoms with Gasteiger partial charge in [-0.05, 0) is 59.1 Å². The average molecular weight is 337 g/mol. The second kappa shape index (κ2) is 6.13. The van der Waals surface area contributed by atoms with Gasteiger partial charge in [0.15, 0.2) is 0 Å². The summed E-state index contributed by atoms with van der Waals surface area (Å²) in [6.45, 7) is 3.71. The number of nitrogens with zero attached hydrogens (tertiary/aromatic N) is 1. The molecule has 3 nitrogen and oxygen atoms in total. The van der Waals surface area contributed by atoms with Crippen molar-refractivity contribution in [3.05, 3.63) is 57.6 Å². The number of halogens is 2. The molecule has 1 heterocycles. The van der Waals surface area contributed by atoms with Crippen molar-refractivity contribution in [3.8, 4) is 0 Å². The Balaban J connectivity index is 2.13. The molecule has 0 aliphatic carbocycles. The molecule has 1 aromatic heterocycles. The van der Waals surface area contributed by atoms with Crippen molar-refractivity contribution in [2.75, 3.05) is 5.32 Å².